The van der Waals surface area contributed by atoms with Crippen molar-refractivity contribution in [1.29, 1.82) is 0 Å². The van der Waals surface area contributed by atoms with Crippen LogP contribution in [0.5, 0.6) is 0 Å². The Morgan fingerprint density at radius 1 is 1.40 bits per heavy atom. The van der Waals surface area contributed by atoms with E-state index in [4.69, 9.17) is 16.3 Å². The highest BCUT2D eigenvalue weighted by atomic mass is 35.5. The Morgan fingerprint density at radius 3 is 2.67 bits per heavy atom. The summed E-state index contributed by atoms with van der Waals surface area (Å²) in [4.78, 5) is 11.3. The number of carbonyl (C=O) groups is 1. The maximum Gasteiger partial charge on any atom is 0.160 e. The van der Waals surface area contributed by atoms with Crippen molar-refractivity contribution in [2.75, 3.05) is 6.61 Å². The maximum atomic E-state index is 11.3. The van der Waals surface area contributed by atoms with Crippen molar-refractivity contribution in [3.63, 3.8) is 0 Å². The van der Waals surface area contributed by atoms with E-state index >= 15 is 0 Å². The van der Waals surface area contributed by atoms with Crippen molar-refractivity contribution in [3.8, 4) is 0 Å². The van der Waals surface area contributed by atoms with Crippen LogP contribution in [0.2, 0.25) is 5.02 Å². The van der Waals surface area contributed by atoms with Crippen LogP contribution in [0, 0.1) is 5.92 Å². The zero-order valence-electron chi connectivity index (χ0n) is 9.00. The van der Waals surface area contributed by atoms with Crippen LogP contribution in [0.15, 0.2) is 24.3 Å². The van der Waals surface area contributed by atoms with Gasteiger partial charge in [-0.3, -0.25) is 4.79 Å². The molecule has 0 aromatic heterocycles. The second kappa shape index (κ2) is 5.89. The molecule has 0 spiro atoms. The molecule has 0 saturated carbocycles. The number of carbonyl (C=O) groups excluding carboxylic acids is 1. The van der Waals surface area contributed by atoms with E-state index in [-0.39, 0.29) is 18.3 Å². The molecule has 0 aliphatic carbocycles. The number of ketones is 1. The van der Waals surface area contributed by atoms with Gasteiger partial charge in [0.1, 0.15) is 6.61 Å². The third-order valence-electron chi connectivity index (χ3n) is 2.10. The van der Waals surface area contributed by atoms with Crippen molar-refractivity contribution >= 4 is 17.4 Å². The van der Waals surface area contributed by atoms with E-state index in [1.54, 1.807) is 0 Å². The summed E-state index contributed by atoms with van der Waals surface area (Å²) >= 11 is 5.94. The average molecular weight is 227 g/mol. The Bertz CT molecular complexity index is 334. The predicted molar refractivity (Wildman–Crippen MR) is 61.0 cm³/mol. The molecule has 1 aromatic rings. The molecule has 0 aliphatic heterocycles. The van der Waals surface area contributed by atoms with Crippen molar-refractivity contribution in [2.24, 2.45) is 5.92 Å². The van der Waals surface area contributed by atoms with Crippen molar-refractivity contribution < 1.29 is 9.53 Å². The molecule has 0 N–H and O–H groups in total. The molecule has 1 aromatic carbocycles. The molecule has 0 heterocycles. The number of hydrogen-bond donors (Lipinski definition) is 0. The van der Waals surface area contributed by atoms with Gasteiger partial charge in [-0.15, -0.1) is 0 Å². The van der Waals surface area contributed by atoms with Gasteiger partial charge in [-0.1, -0.05) is 43.6 Å². The summed E-state index contributed by atoms with van der Waals surface area (Å²) in [7, 11) is 0. The first-order valence-corrected chi connectivity index (χ1v) is 5.33. The molecule has 0 saturated heterocycles. The van der Waals surface area contributed by atoms with Gasteiger partial charge >= 0.3 is 0 Å². The van der Waals surface area contributed by atoms with Gasteiger partial charge in [0.05, 0.1) is 6.61 Å². The van der Waals surface area contributed by atoms with Gasteiger partial charge in [-0.2, -0.15) is 0 Å². The summed E-state index contributed by atoms with van der Waals surface area (Å²) in [5.74, 6) is 0.137. The number of hydrogen-bond acceptors (Lipinski definition) is 2. The highest BCUT2D eigenvalue weighted by Crippen LogP contribution is 2.15. The van der Waals surface area contributed by atoms with Crippen LogP contribution in [0.4, 0.5) is 0 Å². The molecular formula is C12H15ClO2. The van der Waals surface area contributed by atoms with Crippen LogP contribution in [0.25, 0.3) is 0 Å². The summed E-state index contributed by atoms with van der Waals surface area (Å²) in [6.45, 7) is 4.27. The third-order valence-corrected chi connectivity index (χ3v) is 2.47. The van der Waals surface area contributed by atoms with Crippen molar-refractivity contribution in [2.45, 2.75) is 20.5 Å². The Morgan fingerprint density at radius 2 is 2.07 bits per heavy atom. The summed E-state index contributed by atoms with van der Waals surface area (Å²) in [5, 5.41) is 0.675. The molecule has 3 heteroatoms. The largest absolute Gasteiger partial charge is 0.369 e. The van der Waals surface area contributed by atoms with Crippen LogP contribution in [0.3, 0.4) is 0 Å². The van der Waals surface area contributed by atoms with Gasteiger partial charge in [0.2, 0.25) is 0 Å². The molecule has 0 bridgehead atoms. The van der Waals surface area contributed by atoms with Crippen LogP contribution in [0.1, 0.15) is 19.4 Å². The molecule has 0 fully saturated rings. The van der Waals surface area contributed by atoms with E-state index in [1.165, 1.54) is 0 Å². The first-order chi connectivity index (χ1) is 7.11. The summed E-state index contributed by atoms with van der Waals surface area (Å²) in [6, 6.07) is 7.46. The lowest BCUT2D eigenvalue weighted by atomic mass is 10.1. The minimum Gasteiger partial charge on any atom is -0.369 e. The summed E-state index contributed by atoms with van der Waals surface area (Å²) in [6.07, 6.45) is 0. The summed E-state index contributed by atoms with van der Waals surface area (Å²) in [5.41, 5.74) is 0.913. The maximum absolute atomic E-state index is 11.3. The second-order valence-corrected chi connectivity index (χ2v) is 4.11. The SMILES string of the molecule is CC(C)C(=O)COCc1ccccc1Cl. The van der Waals surface area contributed by atoms with E-state index in [0.717, 1.165) is 5.56 Å². The summed E-state index contributed by atoms with van der Waals surface area (Å²) < 4.78 is 5.29. The van der Waals surface area contributed by atoms with Crippen LogP contribution < -0.4 is 0 Å². The lowest BCUT2D eigenvalue weighted by Gasteiger charge is -2.06. The van der Waals surface area contributed by atoms with Gasteiger partial charge in [0, 0.05) is 10.9 Å². The van der Waals surface area contributed by atoms with Crippen LogP contribution >= 0.6 is 11.6 Å². The monoisotopic (exact) mass is 226 g/mol. The fourth-order valence-electron chi connectivity index (χ4n) is 1.04. The molecule has 0 atom stereocenters. The fraction of sp³-hybridized carbons (Fsp3) is 0.417. The van der Waals surface area contributed by atoms with E-state index < -0.39 is 0 Å². The van der Waals surface area contributed by atoms with Gasteiger partial charge in [0.15, 0.2) is 5.78 Å². The molecule has 15 heavy (non-hydrogen) atoms. The standard InChI is InChI=1S/C12H15ClO2/c1-9(2)12(14)8-15-7-10-5-3-4-6-11(10)13/h3-6,9H,7-8H2,1-2H3. The smallest absolute Gasteiger partial charge is 0.160 e. The molecule has 1 rings (SSSR count). The van der Waals surface area contributed by atoms with Crippen molar-refractivity contribution in [1.82, 2.24) is 0 Å². The first kappa shape index (κ1) is 12.2. The number of benzene rings is 1. The Balaban J connectivity index is 2.38. The van der Waals surface area contributed by atoms with Gasteiger partial charge < -0.3 is 4.74 Å². The molecule has 0 radical (unpaired) electrons. The van der Waals surface area contributed by atoms with Crippen LogP contribution in [-0.2, 0) is 16.1 Å². The van der Waals surface area contributed by atoms with Crippen LogP contribution in [-0.4, -0.2) is 12.4 Å². The quantitative estimate of drug-likeness (QED) is 0.771. The van der Waals surface area contributed by atoms with Gasteiger partial charge in [-0.25, -0.2) is 0 Å². The van der Waals surface area contributed by atoms with Gasteiger partial charge in [0.25, 0.3) is 0 Å². The number of Topliss-reactive ketones (excluding diaryl/α,β-unsaturated/α-hetero) is 1. The van der Waals surface area contributed by atoms with Crippen molar-refractivity contribution in [3.05, 3.63) is 34.9 Å². The molecule has 0 unspecified atom stereocenters. The second-order valence-electron chi connectivity index (χ2n) is 3.71. The van der Waals surface area contributed by atoms with E-state index in [1.807, 2.05) is 38.1 Å². The third kappa shape index (κ3) is 4.02. The van der Waals surface area contributed by atoms with E-state index in [0.29, 0.717) is 11.6 Å². The number of ether oxygens (including phenoxy) is 1. The van der Waals surface area contributed by atoms with Gasteiger partial charge in [-0.05, 0) is 11.6 Å². The zero-order chi connectivity index (χ0) is 11.3. The number of halogens is 1. The predicted octanol–water partition coefficient (Wildman–Crippen LogP) is 3.08. The minimum atomic E-state index is 0.0243. The Kier molecular flexibility index (Phi) is 4.79. The molecular weight excluding hydrogens is 212 g/mol. The van der Waals surface area contributed by atoms with E-state index in [2.05, 4.69) is 0 Å². The molecule has 2 nitrogen and oxygen atoms in total. The highest BCUT2D eigenvalue weighted by molar-refractivity contribution is 6.31. The minimum absolute atomic E-state index is 0.0243. The molecule has 0 aliphatic rings. The normalized spacial score (nSPS) is 10.7. The first-order valence-electron chi connectivity index (χ1n) is 4.95. The molecule has 0 amide bonds. The zero-order valence-corrected chi connectivity index (χ0v) is 9.75. The number of rotatable bonds is 5. The Labute approximate surface area is 95.2 Å². The highest BCUT2D eigenvalue weighted by Gasteiger charge is 2.07. The lowest BCUT2D eigenvalue weighted by Crippen LogP contribution is -2.14. The molecule has 82 valence electrons. The Hall–Kier alpha value is -0.860. The fourth-order valence-corrected chi connectivity index (χ4v) is 1.23. The van der Waals surface area contributed by atoms with E-state index in [9.17, 15) is 4.79 Å². The average Bonchev–Trinajstić information content (AvgIpc) is 2.20. The topological polar surface area (TPSA) is 26.3 Å². The lowest BCUT2D eigenvalue weighted by molar-refractivity contribution is -0.126.